The van der Waals surface area contributed by atoms with Crippen LogP contribution in [0.2, 0.25) is 5.02 Å². The summed E-state index contributed by atoms with van der Waals surface area (Å²) in [4.78, 5) is 0. The molecule has 0 saturated carbocycles. The number of aryl methyl sites for hydroxylation is 1. The zero-order valence-corrected chi connectivity index (χ0v) is 12.8. The molecule has 0 bridgehead atoms. The fourth-order valence-corrected chi connectivity index (χ4v) is 3.17. The molecule has 1 aliphatic rings. The lowest BCUT2D eigenvalue weighted by Gasteiger charge is -2.13. The van der Waals surface area contributed by atoms with E-state index in [1.54, 1.807) is 0 Å². The van der Waals surface area contributed by atoms with Crippen LogP contribution in [0.15, 0.2) is 42.5 Å². The number of rotatable bonds is 5. The van der Waals surface area contributed by atoms with Crippen LogP contribution in [0.5, 0.6) is 5.75 Å². The van der Waals surface area contributed by atoms with Crippen LogP contribution >= 0.6 is 11.6 Å². The second kappa shape index (κ2) is 6.50. The number of benzene rings is 2. The third kappa shape index (κ3) is 3.39. The summed E-state index contributed by atoms with van der Waals surface area (Å²) in [5, 5.41) is 0.807. The van der Waals surface area contributed by atoms with Crippen LogP contribution in [0.3, 0.4) is 0 Å². The lowest BCUT2D eigenvalue weighted by molar-refractivity contribution is 0.353. The van der Waals surface area contributed by atoms with E-state index in [1.165, 1.54) is 16.7 Å². The lowest BCUT2D eigenvalue weighted by atomic mass is 9.98. The van der Waals surface area contributed by atoms with Gasteiger partial charge in [-0.1, -0.05) is 41.9 Å². The molecule has 0 amide bonds. The number of hydrogen-bond donors (Lipinski definition) is 1. The van der Waals surface area contributed by atoms with Gasteiger partial charge >= 0.3 is 0 Å². The number of ether oxygens (including phenoxy) is 1. The molecule has 3 heteroatoms. The van der Waals surface area contributed by atoms with E-state index >= 15 is 0 Å². The Kier molecular flexibility index (Phi) is 4.47. The first-order valence-electron chi connectivity index (χ1n) is 7.48. The summed E-state index contributed by atoms with van der Waals surface area (Å²) in [6.07, 6.45) is 3.92. The van der Waals surface area contributed by atoms with Crippen LogP contribution in [-0.4, -0.2) is 6.61 Å². The highest BCUT2D eigenvalue weighted by Crippen LogP contribution is 2.34. The van der Waals surface area contributed by atoms with Crippen molar-refractivity contribution < 1.29 is 4.74 Å². The van der Waals surface area contributed by atoms with E-state index in [9.17, 15) is 0 Å². The molecule has 21 heavy (non-hydrogen) atoms. The van der Waals surface area contributed by atoms with Crippen molar-refractivity contribution in [1.29, 1.82) is 0 Å². The molecule has 1 aliphatic heterocycles. The first kappa shape index (κ1) is 14.4. The van der Waals surface area contributed by atoms with Gasteiger partial charge in [-0.3, -0.25) is 0 Å². The molecule has 110 valence electrons. The quantitative estimate of drug-likeness (QED) is 0.893. The molecule has 0 saturated heterocycles. The van der Waals surface area contributed by atoms with Gasteiger partial charge in [0, 0.05) is 17.5 Å². The maximum Gasteiger partial charge on any atom is 0.125 e. The van der Waals surface area contributed by atoms with E-state index in [0.717, 1.165) is 43.1 Å². The van der Waals surface area contributed by atoms with Crippen LogP contribution in [0.4, 0.5) is 0 Å². The fraction of sp³-hybridized carbons (Fsp3) is 0.333. The highest BCUT2D eigenvalue weighted by Gasteiger charge is 2.17. The van der Waals surface area contributed by atoms with Gasteiger partial charge in [0.1, 0.15) is 5.75 Å². The number of nitrogens with two attached hydrogens (primary N) is 1. The zero-order chi connectivity index (χ0) is 14.7. The molecular weight excluding hydrogens is 282 g/mol. The lowest BCUT2D eigenvalue weighted by Crippen LogP contribution is -2.10. The maximum atomic E-state index is 6.24. The van der Waals surface area contributed by atoms with Gasteiger partial charge in [-0.05, 0) is 48.1 Å². The first-order valence-corrected chi connectivity index (χ1v) is 7.86. The molecule has 2 aromatic carbocycles. The van der Waals surface area contributed by atoms with Gasteiger partial charge in [-0.25, -0.2) is 0 Å². The molecule has 0 aromatic heterocycles. The van der Waals surface area contributed by atoms with Crippen LogP contribution in [0, 0.1) is 0 Å². The smallest absolute Gasteiger partial charge is 0.125 e. The second-order valence-corrected chi connectivity index (χ2v) is 6.00. The zero-order valence-electron chi connectivity index (χ0n) is 12.0. The monoisotopic (exact) mass is 301 g/mol. The molecule has 2 aromatic rings. The van der Waals surface area contributed by atoms with Crippen molar-refractivity contribution >= 4 is 11.6 Å². The highest BCUT2D eigenvalue weighted by molar-refractivity contribution is 6.30. The van der Waals surface area contributed by atoms with Gasteiger partial charge in [0.05, 0.1) is 6.61 Å². The van der Waals surface area contributed by atoms with Gasteiger partial charge in [0.2, 0.25) is 0 Å². The van der Waals surface area contributed by atoms with E-state index in [0.29, 0.717) is 0 Å². The predicted octanol–water partition coefficient (Wildman–Crippen LogP) is 4.30. The van der Waals surface area contributed by atoms with Crippen molar-refractivity contribution in [3.63, 3.8) is 0 Å². The Morgan fingerprint density at radius 2 is 2.00 bits per heavy atom. The van der Waals surface area contributed by atoms with Crippen molar-refractivity contribution in [2.45, 2.75) is 31.7 Å². The number of halogens is 1. The maximum absolute atomic E-state index is 6.24. The Morgan fingerprint density at radius 1 is 1.19 bits per heavy atom. The molecule has 0 fully saturated rings. The van der Waals surface area contributed by atoms with Crippen molar-refractivity contribution in [2.75, 3.05) is 6.61 Å². The summed E-state index contributed by atoms with van der Waals surface area (Å²) in [6, 6.07) is 14.4. The predicted molar refractivity (Wildman–Crippen MR) is 87.0 cm³/mol. The largest absolute Gasteiger partial charge is 0.493 e. The normalized spacial score (nSPS) is 14.6. The Bertz CT molecular complexity index is 612. The minimum absolute atomic E-state index is 0.0966. The van der Waals surface area contributed by atoms with Crippen molar-refractivity contribution in [3.8, 4) is 5.75 Å². The van der Waals surface area contributed by atoms with Crippen LogP contribution < -0.4 is 10.5 Å². The van der Waals surface area contributed by atoms with Gasteiger partial charge in [0.25, 0.3) is 0 Å². The minimum Gasteiger partial charge on any atom is -0.493 e. The minimum atomic E-state index is 0.0966. The van der Waals surface area contributed by atoms with E-state index < -0.39 is 0 Å². The molecular formula is C18H20ClNO. The molecule has 0 aliphatic carbocycles. The van der Waals surface area contributed by atoms with E-state index in [4.69, 9.17) is 22.1 Å². The number of hydrogen-bond acceptors (Lipinski definition) is 2. The summed E-state index contributed by atoms with van der Waals surface area (Å²) in [7, 11) is 0. The molecule has 1 heterocycles. The summed E-state index contributed by atoms with van der Waals surface area (Å²) >= 11 is 6.19. The molecule has 0 radical (unpaired) electrons. The molecule has 2 N–H and O–H groups in total. The standard InChI is InChI=1S/C18H20ClNO/c19-16-11-14(18-15(12-16)9-10-21-18)7-4-8-17(20)13-5-2-1-3-6-13/h1-3,5-6,11-12,17H,4,7-10,20H2. The van der Waals surface area contributed by atoms with Gasteiger partial charge in [0.15, 0.2) is 0 Å². The van der Waals surface area contributed by atoms with Crippen molar-refractivity contribution in [1.82, 2.24) is 0 Å². The Hall–Kier alpha value is -1.51. The van der Waals surface area contributed by atoms with Crippen LogP contribution in [-0.2, 0) is 12.8 Å². The average molecular weight is 302 g/mol. The molecule has 1 unspecified atom stereocenters. The van der Waals surface area contributed by atoms with Crippen molar-refractivity contribution in [3.05, 3.63) is 64.2 Å². The summed E-state index contributed by atoms with van der Waals surface area (Å²) in [5.74, 6) is 1.05. The molecule has 3 rings (SSSR count). The topological polar surface area (TPSA) is 35.2 Å². The second-order valence-electron chi connectivity index (χ2n) is 5.56. The number of fused-ring (bicyclic) bond motifs is 1. The van der Waals surface area contributed by atoms with E-state index in [1.807, 2.05) is 30.3 Å². The molecule has 0 spiro atoms. The fourth-order valence-electron chi connectivity index (χ4n) is 2.91. The highest BCUT2D eigenvalue weighted by atomic mass is 35.5. The van der Waals surface area contributed by atoms with Crippen LogP contribution in [0.25, 0.3) is 0 Å². The summed E-state index contributed by atoms with van der Waals surface area (Å²) in [5.41, 5.74) is 9.90. The third-order valence-corrected chi connectivity index (χ3v) is 4.23. The Labute approximate surface area is 130 Å². The average Bonchev–Trinajstić information content (AvgIpc) is 2.96. The van der Waals surface area contributed by atoms with Gasteiger partial charge in [-0.2, -0.15) is 0 Å². The molecule has 1 atom stereocenters. The molecule has 2 nitrogen and oxygen atoms in total. The summed E-state index contributed by atoms with van der Waals surface area (Å²) < 4.78 is 5.74. The van der Waals surface area contributed by atoms with Gasteiger partial charge in [-0.15, -0.1) is 0 Å². The Morgan fingerprint density at radius 3 is 2.81 bits per heavy atom. The first-order chi connectivity index (χ1) is 10.2. The Balaban J connectivity index is 1.61. The van der Waals surface area contributed by atoms with E-state index in [-0.39, 0.29) is 6.04 Å². The third-order valence-electron chi connectivity index (χ3n) is 4.01. The van der Waals surface area contributed by atoms with Crippen LogP contribution in [0.1, 0.15) is 35.6 Å². The van der Waals surface area contributed by atoms with Gasteiger partial charge < -0.3 is 10.5 Å². The van der Waals surface area contributed by atoms with Crippen molar-refractivity contribution in [2.24, 2.45) is 5.73 Å². The SMILES string of the molecule is NC(CCCc1cc(Cl)cc2c1OCC2)c1ccccc1. The summed E-state index contributed by atoms with van der Waals surface area (Å²) in [6.45, 7) is 0.770. The van der Waals surface area contributed by atoms with E-state index in [2.05, 4.69) is 12.1 Å².